The van der Waals surface area contributed by atoms with Gasteiger partial charge in [-0.25, -0.2) is 0 Å². The molecule has 0 aliphatic heterocycles. The molecule has 0 fully saturated rings. The zero-order valence-electron chi connectivity index (χ0n) is 9.98. The molecule has 6 heteroatoms. The van der Waals surface area contributed by atoms with Crippen LogP contribution in [0.5, 0.6) is 0 Å². The Balaban J connectivity index is 2.31. The zero-order valence-corrected chi connectivity index (χ0v) is 9.98. The molecular formula is C12H17N3O3. The molecular weight excluding hydrogens is 234 g/mol. The van der Waals surface area contributed by atoms with Crippen molar-refractivity contribution < 1.29 is 14.7 Å². The summed E-state index contributed by atoms with van der Waals surface area (Å²) in [6.07, 6.45) is 0. The van der Waals surface area contributed by atoms with Crippen LogP contribution in [-0.4, -0.2) is 30.0 Å². The first-order valence-corrected chi connectivity index (χ1v) is 5.58. The molecule has 0 bridgehead atoms. The van der Waals surface area contributed by atoms with Gasteiger partial charge < -0.3 is 21.5 Å². The SMILES string of the molecule is NCC(=O)NCC(=O)NCc1ccc(CO)cc1. The fourth-order valence-electron chi connectivity index (χ4n) is 1.28. The van der Waals surface area contributed by atoms with E-state index in [9.17, 15) is 9.59 Å². The number of carbonyl (C=O) groups excluding carboxylic acids is 2. The van der Waals surface area contributed by atoms with Gasteiger partial charge in [0, 0.05) is 6.54 Å². The van der Waals surface area contributed by atoms with Crippen molar-refractivity contribution in [3.05, 3.63) is 35.4 Å². The van der Waals surface area contributed by atoms with Gasteiger partial charge in [0.15, 0.2) is 0 Å². The maximum absolute atomic E-state index is 11.4. The van der Waals surface area contributed by atoms with E-state index in [1.807, 2.05) is 12.1 Å². The summed E-state index contributed by atoms with van der Waals surface area (Å²) in [4.78, 5) is 22.2. The minimum atomic E-state index is -0.363. The molecule has 1 aromatic carbocycles. The Kier molecular flexibility index (Phi) is 5.83. The monoisotopic (exact) mass is 251 g/mol. The molecule has 2 amide bonds. The van der Waals surface area contributed by atoms with Crippen LogP contribution in [0.25, 0.3) is 0 Å². The van der Waals surface area contributed by atoms with Gasteiger partial charge in [-0.1, -0.05) is 24.3 Å². The number of hydrogen-bond acceptors (Lipinski definition) is 4. The van der Waals surface area contributed by atoms with Crippen molar-refractivity contribution in [1.29, 1.82) is 0 Å². The molecule has 0 saturated heterocycles. The number of aliphatic hydroxyl groups is 1. The lowest BCUT2D eigenvalue weighted by Gasteiger charge is -2.06. The van der Waals surface area contributed by atoms with E-state index in [2.05, 4.69) is 10.6 Å². The van der Waals surface area contributed by atoms with Crippen molar-refractivity contribution in [3.63, 3.8) is 0 Å². The molecule has 0 spiro atoms. The third-order valence-corrected chi connectivity index (χ3v) is 2.33. The molecule has 0 heterocycles. The molecule has 6 nitrogen and oxygen atoms in total. The Morgan fingerprint density at radius 2 is 1.67 bits per heavy atom. The second-order valence-corrected chi connectivity index (χ2v) is 3.73. The quantitative estimate of drug-likeness (QED) is 0.513. The first-order valence-electron chi connectivity index (χ1n) is 5.58. The van der Waals surface area contributed by atoms with E-state index in [-0.39, 0.29) is 31.5 Å². The molecule has 0 unspecified atom stereocenters. The fraction of sp³-hybridized carbons (Fsp3) is 0.333. The Morgan fingerprint density at radius 3 is 2.22 bits per heavy atom. The third kappa shape index (κ3) is 4.94. The first kappa shape index (κ1) is 14.1. The second-order valence-electron chi connectivity index (χ2n) is 3.73. The number of nitrogens with two attached hydrogens (primary N) is 1. The molecule has 0 aliphatic rings. The smallest absolute Gasteiger partial charge is 0.239 e. The summed E-state index contributed by atoms with van der Waals surface area (Å²) in [5, 5.41) is 13.9. The zero-order chi connectivity index (χ0) is 13.4. The van der Waals surface area contributed by atoms with Crippen LogP contribution in [-0.2, 0) is 22.7 Å². The van der Waals surface area contributed by atoms with E-state index >= 15 is 0 Å². The summed E-state index contributed by atoms with van der Waals surface area (Å²) in [5.41, 5.74) is 6.83. The van der Waals surface area contributed by atoms with Gasteiger partial charge >= 0.3 is 0 Å². The first-order chi connectivity index (χ1) is 8.65. The van der Waals surface area contributed by atoms with E-state index in [1.165, 1.54) is 0 Å². The van der Waals surface area contributed by atoms with Crippen LogP contribution >= 0.6 is 0 Å². The van der Waals surface area contributed by atoms with E-state index in [1.54, 1.807) is 12.1 Å². The second kappa shape index (κ2) is 7.41. The Bertz CT molecular complexity index is 404. The minimum absolute atomic E-state index is 0.00222. The summed E-state index contributed by atoms with van der Waals surface area (Å²) in [6.45, 7) is 0.168. The highest BCUT2D eigenvalue weighted by Gasteiger charge is 2.03. The summed E-state index contributed by atoms with van der Waals surface area (Å²) >= 11 is 0. The van der Waals surface area contributed by atoms with Gasteiger partial charge in [-0.2, -0.15) is 0 Å². The van der Waals surface area contributed by atoms with E-state index in [0.29, 0.717) is 6.54 Å². The fourth-order valence-corrected chi connectivity index (χ4v) is 1.28. The number of benzene rings is 1. The van der Waals surface area contributed by atoms with Gasteiger partial charge in [0.25, 0.3) is 0 Å². The van der Waals surface area contributed by atoms with E-state index in [4.69, 9.17) is 10.8 Å². The van der Waals surface area contributed by atoms with Crippen LogP contribution in [0.4, 0.5) is 0 Å². The Labute approximate surface area is 105 Å². The summed E-state index contributed by atoms with van der Waals surface area (Å²) in [6, 6.07) is 7.23. The molecule has 0 aromatic heterocycles. The third-order valence-electron chi connectivity index (χ3n) is 2.33. The predicted molar refractivity (Wildman–Crippen MR) is 66.3 cm³/mol. The number of aliphatic hydroxyl groups excluding tert-OH is 1. The molecule has 98 valence electrons. The van der Waals surface area contributed by atoms with E-state index in [0.717, 1.165) is 11.1 Å². The standard InChI is InChI=1S/C12H17N3O3/c13-5-11(17)15-7-12(18)14-6-9-1-3-10(8-16)4-2-9/h1-4,16H,5-8,13H2,(H,14,18)(H,15,17). The van der Waals surface area contributed by atoms with Crippen LogP contribution < -0.4 is 16.4 Å². The molecule has 5 N–H and O–H groups in total. The molecule has 0 radical (unpaired) electrons. The largest absolute Gasteiger partial charge is 0.392 e. The molecule has 1 aromatic rings. The number of carbonyl (C=O) groups is 2. The number of hydrogen-bond donors (Lipinski definition) is 4. The minimum Gasteiger partial charge on any atom is -0.392 e. The van der Waals surface area contributed by atoms with Crippen molar-refractivity contribution in [1.82, 2.24) is 10.6 Å². The predicted octanol–water partition coefficient (Wildman–Crippen LogP) is -1.13. The van der Waals surface area contributed by atoms with Crippen molar-refractivity contribution in [2.45, 2.75) is 13.2 Å². The molecule has 0 saturated carbocycles. The lowest BCUT2D eigenvalue weighted by molar-refractivity contribution is -0.125. The highest BCUT2D eigenvalue weighted by atomic mass is 16.3. The van der Waals surface area contributed by atoms with Crippen molar-refractivity contribution in [2.75, 3.05) is 13.1 Å². The summed E-state index contributed by atoms with van der Waals surface area (Å²) < 4.78 is 0. The Hall–Kier alpha value is -1.92. The van der Waals surface area contributed by atoms with Gasteiger partial charge in [-0.3, -0.25) is 9.59 Å². The molecule has 18 heavy (non-hydrogen) atoms. The lowest BCUT2D eigenvalue weighted by atomic mass is 10.1. The molecule has 1 rings (SSSR count). The van der Waals surface area contributed by atoms with Crippen LogP contribution in [0.2, 0.25) is 0 Å². The number of amides is 2. The van der Waals surface area contributed by atoms with Gasteiger partial charge in [-0.05, 0) is 11.1 Å². The normalized spacial score (nSPS) is 9.89. The van der Waals surface area contributed by atoms with Gasteiger partial charge in [0.05, 0.1) is 19.7 Å². The average Bonchev–Trinajstić information content (AvgIpc) is 2.42. The molecule has 0 atom stereocenters. The van der Waals surface area contributed by atoms with Crippen LogP contribution in [0.3, 0.4) is 0 Å². The number of rotatable bonds is 6. The highest BCUT2D eigenvalue weighted by molar-refractivity contribution is 5.85. The van der Waals surface area contributed by atoms with Crippen LogP contribution in [0.1, 0.15) is 11.1 Å². The van der Waals surface area contributed by atoms with Gasteiger partial charge in [-0.15, -0.1) is 0 Å². The lowest BCUT2D eigenvalue weighted by Crippen LogP contribution is -2.39. The summed E-state index contributed by atoms with van der Waals surface area (Å²) in [7, 11) is 0. The Morgan fingerprint density at radius 1 is 1.06 bits per heavy atom. The summed E-state index contributed by atoms with van der Waals surface area (Å²) in [5.74, 6) is -0.638. The van der Waals surface area contributed by atoms with Crippen molar-refractivity contribution in [2.24, 2.45) is 5.73 Å². The van der Waals surface area contributed by atoms with E-state index < -0.39 is 0 Å². The molecule has 0 aliphatic carbocycles. The number of nitrogens with one attached hydrogen (secondary N) is 2. The highest BCUT2D eigenvalue weighted by Crippen LogP contribution is 2.03. The van der Waals surface area contributed by atoms with Gasteiger partial charge in [0.1, 0.15) is 0 Å². The van der Waals surface area contributed by atoms with Crippen molar-refractivity contribution >= 4 is 11.8 Å². The average molecular weight is 251 g/mol. The van der Waals surface area contributed by atoms with Crippen LogP contribution in [0.15, 0.2) is 24.3 Å². The maximum atomic E-state index is 11.4. The van der Waals surface area contributed by atoms with Crippen molar-refractivity contribution in [3.8, 4) is 0 Å². The topological polar surface area (TPSA) is 104 Å². The van der Waals surface area contributed by atoms with Gasteiger partial charge in [0.2, 0.25) is 11.8 Å². The maximum Gasteiger partial charge on any atom is 0.239 e. The van der Waals surface area contributed by atoms with Crippen LogP contribution in [0, 0.1) is 0 Å².